The van der Waals surface area contributed by atoms with Crippen molar-refractivity contribution >= 4 is 12.3 Å². The molecule has 3 fully saturated rings. The first-order chi connectivity index (χ1) is 15.0. The van der Waals surface area contributed by atoms with Gasteiger partial charge in [-0.1, -0.05) is 6.42 Å². The molecule has 2 saturated heterocycles. The van der Waals surface area contributed by atoms with E-state index < -0.39 is 52.5 Å². The van der Waals surface area contributed by atoms with Crippen molar-refractivity contribution in [2.75, 3.05) is 6.61 Å². The number of H-pyrrole nitrogens is 1. The number of aromatic amines is 1. The molecule has 176 valence electrons. The predicted octanol–water partition coefficient (Wildman–Crippen LogP) is 1.35. The van der Waals surface area contributed by atoms with Crippen molar-refractivity contribution in [3.8, 4) is 0 Å². The molecule has 0 radical (unpaired) electrons. The van der Waals surface area contributed by atoms with Gasteiger partial charge in [-0.2, -0.15) is 0 Å². The highest BCUT2D eigenvalue weighted by atomic mass is 16.8. The molecule has 4 rings (SSSR count). The average molecular weight is 450 g/mol. The summed E-state index contributed by atoms with van der Waals surface area (Å²) in [6.45, 7) is 6.31. The van der Waals surface area contributed by atoms with E-state index >= 15 is 0 Å². The van der Waals surface area contributed by atoms with Crippen molar-refractivity contribution in [2.45, 2.75) is 89.6 Å². The smallest absolute Gasteiger partial charge is 0.330 e. The zero-order chi connectivity index (χ0) is 23.3. The van der Waals surface area contributed by atoms with Gasteiger partial charge in [0.15, 0.2) is 23.9 Å². The van der Waals surface area contributed by atoms with Gasteiger partial charge in [0, 0.05) is 24.6 Å². The van der Waals surface area contributed by atoms with Gasteiger partial charge in [-0.3, -0.25) is 23.9 Å². The molecule has 1 aromatic rings. The minimum absolute atomic E-state index is 0.304. The zero-order valence-corrected chi connectivity index (χ0v) is 18.8. The Morgan fingerprint density at radius 3 is 2.53 bits per heavy atom. The number of nitrogens with one attached hydrogen (secondary N) is 1. The number of nitrogens with zero attached hydrogens (tertiary/aromatic N) is 1. The summed E-state index contributed by atoms with van der Waals surface area (Å²) >= 11 is 0. The van der Waals surface area contributed by atoms with E-state index in [0.29, 0.717) is 24.7 Å². The number of hydrogen-bond donors (Lipinski definition) is 1. The Balaban J connectivity index is 1.72. The molecule has 1 saturated carbocycles. The fourth-order valence-electron chi connectivity index (χ4n) is 4.54. The van der Waals surface area contributed by atoms with E-state index in [1.807, 2.05) is 0 Å². The zero-order valence-electron chi connectivity index (χ0n) is 18.8. The van der Waals surface area contributed by atoms with Gasteiger partial charge in [-0.25, -0.2) is 4.79 Å². The molecule has 1 spiro atoms. The Bertz CT molecular complexity index is 1020. The molecular formula is C22H30N2O8. The number of esters is 1. The minimum Gasteiger partial charge on any atom is -0.462 e. The monoisotopic (exact) mass is 450 g/mol. The molecule has 4 atom stereocenters. The van der Waals surface area contributed by atoms with Crippen molar-refractivity contribution < 1.29 is 28.5 Å². The Morgan fingerprint density at radius 1 is 1.22 bits per heavy atom. The van der Waals surface area contributed by atoms with Crippen LogP contribution in [0.3, 0.4) is 0 Å². The third-order valence-corrected chi connectivity index (χ3v) is 6.37. The minimum atomic E-state index is -1.65. The first-order valence-electron chi connectivity index (χ1n) is 11.0. The van der Waals surface area contributed by atoms with E-state index in [2.05, 4.69) is 4.98 Å². The molecule has 1 aliphatic carbocycles. The summed E-state index contributed by atoms with van der Waals surface area (Å²) < 4.78 is 25.4. The molecule has 0 unspecified atom stereocenters. The lowest BCUT2D eigenvalue weighted by Crippen LogP contribution is -2.50. The number of aryl methyl sites for hydroxylation is 1. The number of fused-ring (bicyclic) bond motifs is 1. The summed E-state index contributed by atoms with van der Waals surface area (Å²) in [5.41, 5.74) is -3.31. The Kier molecular flexibility index (Phi) is 5.67. The van der Waals surface area contributed by atoms with E-state index in [0.717, 1.165) is 19.3 Å². The third kappa shape index (κ3) is 3.84. The number of aromatic nitrogens is 2. The number of carbonyl (C=O) groups excluding carboxylic acids is 2. The van der Waals surface area contributed by atoms with Crippen molar-refractivity contribution in [2.24, 2.45) is 5.41 Å². The van der Waals surface area contributed by atoms with Gasteiger partial charge in [-0.15, -0.1) is 0 Å². The molecule has 0 bridgehead atoms. The highest BCUT2D eigenvalue weighted by Crippen LogP contribution is 2.51. The maximum atomic E-state index is 12.6. The van der Waals surface area contributed by atoms with E-state index in [1.165, 1.54) is 10.8 Å². The molecule has 0 amide bonds. The lowest BCUT2D eigenvalue weighted by molar-refractivity contribution is -0.248. The van der Waals surface area contributed by atoms with Crippen LogP contribution in [0.25, 0.3) is 0 Å². The SMILES string of the molecule is Cc1cn([C@@H]2O[C@](C=O)(COC(=O)C(C)(C)C)[C@H]3OC4(CCCCC4)O[C@@H]23)c(=O)[nH]c1=O. The fraction of sp³-hybridized carbons (Fsp3) is 0.727. The van der Waals surface area contributed by atoms with Crippen LogP contribution in [-0.4, -0.2) is 52.0 Å². The summed E-state index contributed by atoms with van der Waals surface area (Å²) in [4.78, 5) is 51.5. The summed E-state index contributed by atoms with van der Waals surface area (Å²) in [6, 6.07) is 0. The highest BCUT2D eigenvalue weighted by Gasteiger charge is 2.66. The van der Waals surface area contributed by atoms with E-state index in [4.69, 9.17) is 18.9 Å². The summed E-state index contributed by atoms with van der Waals surface area (Å²) in [7, 11) is 0. The van der Waals surface area contributed by atoms with Crippen LogP contribution in [0.1, 0.15) is 64.7 Å². The molecule has 2 aliphatic heterocycles. The Labute approximate surface area is 185 Å². The molecule has 0 aromatic carbocycles. The second-order valence-corrected chi connectivity index (χ2v) is 9.98. The molecule has 10 nitrogen and oxygen atoms in total. The number of hydrogen-bond acceptors (Lipinski definition) is 8. The van der Waals surface area contributed by atoms with Crippen LogP contribution < -0.4 is 11.2 Å². The van der Waals surface area contributed by atoms with Gasteiger partial charge >= 0.3 is 11.7 Å². The van der Waals surface area contributed by atoms with Crippen molar-refractivity contribution in [1.29, 1.82) is 0 Å². The van der Waals surface area contributed by atoms with Crippen LogP contribution >= 0.6 is 0 Å². The second kappa shape index (κ2) is 7.93. The number of rotatable bonds is 4. The maximum absolute atomic E-state index is 12.6. The van der Waals surface area contributed by atoms with Gasteiger partial charge in [-0.05, 0) is 40.5 Å². The van der Waals surface area contributed by atoms with E-state index in [9.17, 15) is 19.2 Å². The van der Waals surface area contributed by atoms with Gasteiger partial charge < -0.3 is 18.9 Å². The number of carbonyl (C=O) groups is 2. The lowest BCUT2D eigenvalue weighted by atomic mass is 9.94. The topological polar surface area (TPSA) is 126 Å². The molecule has 3 aliphatic rings. The van der Waals surface area contributed by atoms with Crippen molar-refractivity contribution in [1.82, 2.24) is 9.55 Å². The van der Waals surface area contributed by atoms with Crippen LogP contribution in [-0.2, 0) is 28.5 Å². The van der Waals surface area contributed by atoms with Gasteiger partial charge in [0.05, 0.1) is 5.41 Å². The van der Waals surface area contributed by atoms with Crippen LogP contribution in [0, 0.1) is 12.3 Å². The summed E-state index contributed by atoms with van der Waals surface area (Å²) in [6.07, 6.45) is 3.42. The molecule has 32 heavy (non-hydrogen) atoms. The van der Waals surface area contributed by atoms with E-state index in [1.54, 1.807) is 27.7 Å². The average Bonchev–Trinajstić information content (AvgIpc) is 3.23. The van der Waals surface area contributed by atoms with Gasteiger partial charge in [0.2, 0.25) is 0 Å². The van der Waals surface area contributed by atoms with Crippen LogP contribution in [0.5, 0.6) is 0 Å². The Hall–Kier alpha value is -2.30. The van der Waals surface area contributed by atoms with Crippen LogP contribution in [0.15, 0.2) is 15.8 Å². The summed E-state index contributed by atoms with van der Waals surface area (Å²) in [5.74, 6) is -1.37. The van der Waals surface area contributed by atoms with Gasteiger partial charge in [0.1, 0.15) is 18.8 Å². The van der Waals surface area contributed by atoms with E-state index in [-0.39, 0.29) is 6.61 Å². The standard InChI is InChI=1S/C22H30N2O8/c1-13-10-24(19(28)23-16(13)26)17-14-15(31-22(30-14)8-6-5-7-9-22)21(11-25,32-17)12-29-18(27)20(2,3)4/h10-11,14-15,17H,5-9,12H2,1-4H3,(H,23,26,28)/t14-,15+,17-,21-/m1/s1. The molecular weight excluding hydrogens is 420 g/mol. The summed E-state index contributed by atoms with van der Waals surface area (Å²) in [5, 5.41) is 0. The largest absolute Gasteiger partial charge is 0.462 e. The normalized spacial score (nSPS) is 31.4. The second-order valence-electron chi connectivity index (χ2n) is 9.98. The maximum Gasteiger partial charge on any atom is 0.330 e. The third-order valence-electron chi connectivity index (χ3n) is 6.37. The predicted molar refractivity (Wildman–Crippen MR) is 111 cm³/mol. The van der Waals surface area contributed by atoms with Crippen LogP contribution in [0.2, 0.25) is 0 Å². The molecule has 1 N–H and O–H groups in total. The lowest BCUT2D eigenvalue weighted by Gasteiger charge is -2.36. The van der Waals surface area contributed by atoms with Crippen LogP contribution in [0.4, 0.5) is 0 Å². The fourth-order valence-corrected chi connectivity index (χ4v) is 4.54. The number of ether oxygens (including phenoxy) is 4. The number of aldehydes is 1. The highest BCUT2D eigenvalue weighted by molar-refractivity contribution is 5.76. The molecule has 10 heteroatoms. The van der Waals surface area contributed by atoms with Crippen molar-refractivity contribution in [3.05, 3.63) is 32.6 Å². The molecule has 1 aromatic heterocycles. The molecule has 3 heterocycles. The van der Waals surface area contributed by atoms with Crippen molar-refractivity contribution in [3.63, 3.8) is 0 Å². The first kappa shape index (κ1) is 22.9. The Morgan fingerprint density at radius 2 is 1.91 bits per heavy atom. The first-order valence-corrected chi connectivity index (χ1v) is 11.0. The quantitative estimate of drug-likeness (QED) is 0.538. The van der Waals surface area contributed by atoms with Gasteiger partial charge in [0.25, 0.3) is 5.56 Å².